The Kier molecular flexibility index (Phi) is 11.8. The third-order valence-corrected chi connectivity index (χ3v) is 13.2. The van der Waals surface area contributed by atoms with Crippen molar-refractivity contribution in [3.05, 3.63) is 117 Å². The summed E-state index contributed by atoms with van der Waals surface area (Å²) in [6, 6.07) is 20.1. The molecule has 5 aromatic rings. The number of rotatable bonds is 12. The average Bonchev–Trinajstić information content (AvgIpc) is 3.72. The number of nitro groups is 1. The fourth-order valence-electron chi connectivity index (χ4n) is 8.07. The Labute approximate surface area is 342 Å². The lowest BCUT2D eigenvalue weighted by Crippen LogP contribution is -2.47. The van der Waals surface area contributed by atoms with Gasteiger partial charge in [0.1, 0.15) is 22.8 Å². The van der Waals surface area contributed by atoms with Gasteiger partial charge in [0.2, 0.25) is 9.84 Å². The highest BCUT2D eigenvalue weighted by Crippen LogP contribution is 2.37. The van der Waals surface area contributed by atoms with Gasteiger partial charge < -0.3 is 24.7 Å². The molecule has 58 heavy (non-hydrogen) atoms. The number of sulfone groups is 1. The van der Waals surface area contributed by atoms with E-state index < -0.39 is 30.5 Å². The number of nitro benzene ring substituents is 1. The summed E-state index contributed by atoms with van der Waals surface area (Å²) in [6.45, 7) is 5.67. The van der Waals surface area contributed by atoms with Crippen molar-refractivity contribution in [1.29, 1.82) is 0 Å². The molecule has 1 aliphatic carbocycles. The maximum Gasteiger partial charge on any atom is 0.293 e. The number of aromatic amines is 1. The highest BCUT2D eigenvalue weighted by atomic mass is 35.5. The summed E-state index contributed by atoms with van der Waals surface area (Å²) >= 11 is 6.18. The standard InChI is InChI=1S/C43H45ClN6O7S/c44-33-7-5-30(6-8-33)37-4-2-1-3-32(37)28-48-17-19-49(20-18-48)34-9-11-38(41(24-34)57-35-23-31-13-16-45-42(31)47-27-35)43(51)58(54,55)36-10-12-39(40(25-36)50(52)53)46-26-29-14-21-56-22-15-29/h5-13,16,23-25,27,29,46H,1-4,14-15,17-22,26,28H2,(H,45,47). The van der Waals surface area contributed by atoms with Gasteiger partial charge in [-0.25, -0.2) is 13.4 Å². The molecule has 3 aliphatic rings. The van der Waals surface area contributed by atoms with Crippen LogP contribution in [-0.2, 0) is 14.6 Å². The van der Waals surface area contributed by atoms with Crippen molar-refractivity contribution < 1.29 is 27.6 Å². The largest absolute Gasteiger partial charge is 0.455 e. The minimum Gasteiger partial charge on any atom is -0.455 e. The van der Waals surface area contributed by atoms with Crippen LogP contribution in [-0.4, -0.2) is 85.8 Å². The summed E-state index contributed by atoms with van der Waals surface area (Å²) < 4.78 is 39.6. The topological polar surface area (TPSA) is 160 Å². The van der Waals surface area contributed by atoms with Crippen molar-refractivity contribution in [2.75, 3.05) is 62.7 Å². The van der Waals surface area contributed by atoms with Crippen LogP contribution in [0.3, 0.4) is 0 Å². The van der Waals surface area contributed by atoms with Gasteiger partial charge in [-0.1, -0.05) is 29.3 Å². The fraction of sp³-hybridized carbons (Fsp3) is 0.349. The van der Waals surface area contributed by atoms with Crippen molar-refractivity contribution in [3.63, 3.8) is 0 Å². The van der Waals surface area contributed by atoms with Crippen molar-refractivity contribution >= 4 is 60.2 Å². The highest BCUT2D eigenvalue weighted by Gasteiger charge is 2.33. The lowest BCUT2D eigenvalue weighted by atomic mass is 9.87. The Balaban J connectivity index is 1.03. The first-order chi connectivity index (χ1) is 28.1. The van der Waals surface area contributed by atoms with Gasteiger partial charge in [-0.3, -0.25) is 19.8 Å². The summed E-state index contributed by atoms with van der Waals surface area (Å²) in [6.07, 6.45) is 9.38. The van der Waals surface area contributed by atoms with Crippen molar-refractivity contribution in [2.45, 2.75) is 43.4 Å². The fourth-order valence-corrected chi connectivity index (χ4v) is 9.39. The number of anilines is 2. The van der Waals surface area contributed by atoms with Crippen LogP contribution in [0.2, 0.25) is 5.02 Å². The Bertz CT molecular complexity index is 2460. The Morgan fingerprint density at radius 3 is 2.53 bits per heavy atom. The van der Waals surface area contributed by atoms with Crippen LogP contribution in [0, 0.1) is 16.0 Å². The molecule has 0 saturated carbocycles. The molecule has 2 aliphatic heterocycles. The van der Waals surface area contributed by atoms with E-state index in [0.717, 1.165) is 67.5 Å². The first-order valence-electron chi connectivity index (χ1n) is 19.7. The number of ether oxygens (including phenoxy) is 2. The maximum atomic E-state index is 14.1. The molecule has 2 aromatic heterocycles. The number of carbonyl (C=O) groups is 1. The van der Waals surface area contributed by atoms with Crippen LogP contribution in [0.4, 0.5) is 17.1 Å². The van der Waals surface area contributed by atoms with Crippen molar-refractivity contribution in [1.82, 2.24) is 14.9 Å². The molecule has 0 radical (unpaired) electrons. The molecule has 0 bridgehead atoms. The number of nitrogens with one attached hydrogen (secondary N) is 2. The quantitative estimate of drug-likeness (QED) is 0.0917. The maximum absolute atomic E-state index is 14.1. The molecule has 0 unspecified atom stereocenters. The first-order valence-corrected chi connectivity index (χ1v) is 21.6. The molecule has 4 heterocycles. The summed E-state index contributed by atoms with van der Waals surface area (Å²) in [5.74, 6) is 0.618. The number of hydrogen-bond donors (Lipinski definition) is 2. The SMILES string of the molecule is O=C(c1ccc(N2CCN(CC3=C(c4ccc(Cl)cc4)CCCC3)CC2)cc1Oc1cnc2[nH]ccc2c1)S(=O)(=O)c1ccc(NCC2CCOCC2)c([N+](=O)[O-])c1. The number of H-pyrrole nitrogens is 1. The van der Waals surface area contributed by atoms with E-state index in [-0.39, 0.29) is 22.9 Å². The molecule has 3 aromatic carbocycles. The van der Waals surface area contributed by atoms with Gasteiger partial charge in [0, 0.05) is 86.9 Å². The Morgan fingerprint density at radius 2 is 1.76 bits per heavy atom. The van der Waals surface area contributed by atoms with Gasteiger partial charge in [-0.15, -0.1) is 0 Å². The molecule has 0 amide bonds. The molecular formula is C43H45ClN6O7S. The molecule has 2 saturated heterocycles. The molecule has 13 nitrogen and oxygen atoms in total. The number of piperazine rings is 1. The smallest absolute Gasteiger partial charge is 0.293 e. The molecule has 2 fully saturated rings. The monoisotopic (exact) mass is 824 g/mol. The van der Waals surface area contributed by atoms with E-state index in [0.29, 0.717) is 44.2 Å². The lowest BCUT2D eigenvalue weighted by molar-refractivity contribution is -0.384. The second kappa shape index (κ2) is 17.3. The van der Waals surface area contributed by atoms with Crippen LogP contribution in [0.25, 0.3) is 16.6 Å². The molecule has 0 atom stereocenters. The zero-order valence-electron chi connectivity index (χ0n) is 32.0. The Morgan fingerprint density at radius 1 is 0.983 bits per heavy atom. The van der Waals surface area contributed by atoms with Gasteiger partial charge in [0.05, 0.1) is 21.6 Å². The number of aromatic nitrogens is 2. The summed E-state index contributed by atoms with van der Waals surface area (Å²) in [4.78, 5) is 37.2. The van der Waals surface area contributed by atoms with Crippen LogP contribution in [0.5, 0.6) is 11.5 Å². The lowest BCUT2D eigenvalue weighted by Gasteiger charge is -2.37. The summed E-state index contributed by atoms with van der Waals surface area (Å²) in [5, 5.41) is 15.5. The van der Waals surface area contributed by atoms with Gasteiger partial charge in [-0.05, 0) is 104 Å². The summed E-state index contributed by atoms with van der Waals surface area (Å²) in [7, 11) is -4.75. The first kappa shape index (κ1) is 39.5. The van der Waals surface area contributed by atoms with Gasteiger partial charge in [0.25, 0.3) is 10.8 Å². The molecule has 302 valence electrons. The molecule has 15 heteroatoms. The second-order valence-corrected chi connectivity index (χ2v) is 17.4. The van der Waals surface area contributed by atoms with Gasteiger partial charge in [0.15, 0.2) is 0 Å². The van der Waals surface area contributed by atoms with E-state index in [1.807, 2.05) is 18.2 Å². The van der Waals surface area contributed by atoms with Crippen molar-refractivity contribution in [3.8, 4) is 11.5 Å². The number of pyridine rings is 1. The van der Waals surface area contributed by atoms with E-state index in [1.165, 1.54) is 53.9 Å². The Hall–Kier alpha value is -5.28. The zero-order valence-corrected chi connectivity index (χ0v) is 33.6. The number of hydrogen-bond acceptors (Lipinski definition) is 11. The van der Waals surface area contributed by atoms with Crippen LogP contribution in [0.1, 0.15) is 54.4 Å². The van der Waals surface area contributed by atoms with E-state index in [1.54, 1.807) is 24.4 Å². The predicted molar refractivity (Wildman–Crippen MR) is 225 cm³/mol. The van der Waals surface area contributed by atoms with Crippen LogP contribution < -0.4 is 15.0 Å². The van der Waals surface area contributed by atoms with E-state index >= 15 is 0 Å². The van der Waals surface area contributed by atoms with Crippen LogP contribution in [0.15, 0.2) is 95.7 Å². The number of carbonyl (C=O) groups excluding carboxylic acids is 1. The number of allylic oxidation sites excluding steroid dienone is 1. The minimum atomic E-state index is -4.75. The average molecular weight is 825 g/mol. The van der Waals surface area contributed by atoms with Gasteiger partial charge in [-0.2, -0.15) is 0 Å². The van der Waals surface area contributed by atoms with E-state index in [4.69, 9.17) is 21.1 Å². The zero-order chi connectivity index (χ0) is 40.2. The predicted octanol–water partition coefficient (Wildman–Crippen LogP) is 8.52. The highest BCUT2D eigenvalue weighted by molar-refractivity contribution is 8.06. The molecular weight excluding hydrogens is 780 g/mol. The number of nitrogens with zero attached hydrogens (tertiary/aromatic N) is 4. The van der Waals surface area contributed by atoms with Gasteiger partial charge >= 0.3 is 0 Å². The second-order valence-electron chi connectivity index (χ2n) is 15.1. The number of benzene rings is 3. The third-order valence-electron chi connectivity index (χ3n) is 11.4. The minimum absolute atomic E-state index is 0.0365. The van der Waals surface area contributed by atoms with E-state index in [2.05, 4.69) is 37.2 Å². The molecule has 8 rings (SSSR count). The normalized spacial score (nSPS) is 17.1. The number of fused-ring (bicyclic) bond motifs is 1. The third kappa shape index (κ3) is 8.75. The molecule has 0 spiro atoms. The van der Waals surface area contributed by atoms with E-state index in [9.17, 15) is 23.3 Å². The number of halogens is 1. The van der Waals surface area contributed by atoms with Crippen LogP contribution >= 0.6 is 11.6 Å². The summed E-state index contributed by atoms with van der Waals surface area (Å²) in [5.41, 5.74) is 5.10. The molecule has 2 N–H and O–H groups in total. The van der Waals surface area contributed by atoms with Crippen molar-refractivity contribution in [2.24, 2.45) is 5.92 Å².